The summed E-state index contributed by atoms with van der Waals surface area (Å²) in [5.41, 5.74) is -0.0151. The number of unbranched alkanes of at least 4 members (excludes halogenated alkanes) is 1. The second-order valence-electron chi connectivity index (χ2n) is 5.67. The van der Waals surface area contributed by atoms with Gasteiger partial charge < -0.3 is 19.7 Å². The summed E-state index contributed by atoms with van der Waals surface area (Å²) in [7, 11) is 0. The van der Waals surface area contributed by atoms with Gasteiger partial charge in [-0.1, -0.05) is 40.5 Å². The third-order valence-corrected chi connectivity index (χ3v) is 3.04. The normalized spacial score (nSPS) is 13.8. The molecule has 1 atom stereocenters. The SMILES string of the molecule is CC(C)COCCO.CCCCC(C)(CC)OCCO. The Labute approximate surface area is 125 Å². The van der Waals surface area contributed by atoms with Gasteiger partial charge in [0.25, 0.3) is 0 Å². The highest BCUT2D eigenvalue weighted by Crippen LogP contribution is 2.22. The topological polar surface area (TPSA) is 58.9 Å². The summed E-state index contributed by atoms with van der Waals surface area (Å²) in [6.45, 7) is 12.5. The summed E-state index contributed by atoms with van der Waals surface area (Å²) in [5, 5.41) is 16.9. The van der Waals surface area contributed by atoms with E-state index in [1.807, 2.05) is 0 Å². The third kappa shape index (κ3) is 15.9. The van der Waals surface area contributed by atoms with E-state index in [1.165, 1.54) is 12.8 Å². The molecule has 0 heterocycles. The number of ether oxygens (including phenoxy) is 2. The summed E-state index contributed by atoms with van der Waals surface area (Å²) in [5.74, 6) is 0.571. The van der Waals surface area contributed by atoms with Crippen molar-refractivity contribution >= 4 is 0 Å². The molecule has 1 unspecified atom stereocenters. The van der Waals surface area contributed by atoms with Gasteiger partial charge in [0.15, 0.2) is 0 Å². The number of rotatable bonds is 11. The first-order valence-electron chi connectivity index (χ1n) is 7.89. The van der Waals surface area contributed by atoms with Crippen LogP contribution in [0.15, 0.2) is 0 Å². The van der Waals surface area contributed by atoms with Crippen molar-refractivity contribution in [2.75, 3.05) is 33.0 Å². The molecule has 0 radical (unpaired) electrons. The molecule has 0 aromatic rings. The zero-order chi connectivity index (χ0) is 15.9. The van der Waals surface area contributed by atoms with Crippen molar-refractivity contribution in [1.29, 1.82) is 0 Å². The van der Waals surface area contributed by atoms with Crippen LogP contribution in [-0.2, 0) is 9.47 Å². The van der Waals surface area contributed by atoms with Crippen LogP contribution in [-0.4, -0.2) is 48.8 Å². The Balaban J connectivity index is 0. The van der Waals surface area contributed by atoms with Gasteiger partial charge in [-0.05, 0) is 25.7 Å². The number of hydrogen-bond acceptors (Lipinski definition) is 4. The predicted octanol–water partition coefficient (Wildman–Crippen LogP) is 3.01. The van der Waals surface area contributed by atoms with Crippen LogP contribution in [0.25, 0.3) is 0 Å². The molecule has 0 saturated carbocycles. The monoisotopic (exact) mass is 292 g/mol. The zero-order valence-electron chi connectivity index (χ0n) is 14.2. The molecule has 0 spiro atoms. The maximum absolute atomic E-state index is 8.63. The molecular weight excluding hydrogens is 256 g/mol. The molecule has 0 aliphatic carbocycles. The minimum absolute atomic E-state index is 0.0151. The van der Waals surface area contributed by atoms with E-state index in [2.05, 4.69) is 34.6 Å². The zero-order valence-corrected chi connectivity index (χ0v) is 14.2. The van der Waals surface area contributed by atoms with Crippen molar-refractivity contribution in [2.45, 2.75) is 65.9 Å². The van der Waals surface area contributed by atoms with Gasteiger partial charge in [0, 0.05) is 6.61 Å². The van der Waals surface area contributed by atoms with Crippen molar-refractivity contribution in [2.24, 2.45) is 5.92 Å². The van der Waals surface area contributed by atoms with E-state index in [0.29, 0.717) is 19.1 Å². The first-order chi connectivity index (χ1) is 9.45. The third-order valence-electron chi connectivity index (χ3n) is 3.04. The Kier molecular flexibility index (Phi) is 16.9. The molecule has 4 heteroatoms. The Bertz CT molecular complexity index is 175. The molecule has 0 saturated heterocycles. The van der Waals surface area contributed by atoms with Gasteiger partial charge in [-0.2, -0.15) is 0 Å². The average molecular weight is 292 g/mol. The highest BCUT2D eigenvalue weighted by atomic mass is 16.5. The van der Waals surface area contributed by atoms with Crippen molar-refractivity contribution in [3.8, 4) is 0 Å². The maximum Gasteiger partial charge on any atom is 0.0705 e. The molecule has 4 nitrogen and oxygen atoms in total. The molecule has 0 aliphatic heterocycles. The molecule has 0 aliphatic rings. The van der Waals surface area contributed by atoms with E-state index < -0.39 is 0 Å². The molecule has 124 valence electrons. The molecule has 20 heavy (non-hydrogen) atoms. The van der Waals surface area contributed by atoms with Crippen molar-refractivity contribution in [3.05, 3.63) is 0 Å². The largest absolute Gasteiger partial charge is 0.394 e. The van der Waals surface area contributed by atoms with Crippen LogP contribution in [0.4, 0.5) is 0 Å². The lowest BCUT2D eigenvalue weighted by molar-refractivity contribution is -0.0544. The number of aliphatic hydroxyl groups is 2. The lowest BCUT2D eigenvalue weighted by Crippen LogP contribution is -2.29. The van der Waals surface area contributed by atoms with Crippen LogP contribution in [0.1, 0.15) is 60.3 Å². The Morgan fingerprint density at radius 3 is 2.05 bits per heavy atom. The Morgan fingerprint density at radius 1 is 1.05 bits per heavy atom. The minimum atomic E-state index is -0.0151. The van der Waals surface area contributed by atoms with E-state index >= 15 is 0 Å². The van der Waals surface area contributed by atoms with E-state index in [9.17, 15) is 0 Å². The summed E-state index contributed by atoms with van der Waals surface area (Å²) in [6, 6.07) is 0. The molecule has 2 N–H and O–H groups in total. The number of hydrogen-bond donors (Lipinski definition) is 2. The van der Waals surface area contributed by atoms with E-state index in [0.717, 1.165) is 19.4 Å². The lowest BCUT2D eigenvalue weighted by atomic mass is 9.96. The smallest absolute Gasteiger partial charge is 0.0705 e. The van der Waals surface area contributed by atoms with Crippen LogP contribution in [0.2, 0.25) is 0 Å². The van der Waals surface area contributed by atoms with Crippen LogP contribution < -0.4 is 0 Å². The summed E-state index contributed by atoms with van der Waals surface area (Å²) in [6.07, 6.45) is 4.53. The fraction of sp³-hybridized carbons (Fsp3) is 1.00. The van der Waals surface area contributed by atoms with Gasteiger partial charge >= 0.3 is 0 Å². The molecule has 0 rings (SSSR count). The molecule has 0 bridgehead atoms. The highest BCUT2D eigenvalue weighted by Gasteiger charge is 2.21. The van der Waals surface area contributed by atoms with Crippen molar-refractivity contribution in [1.82, 2.24) is 0 Å². The molecule has 0 aromatic carbocycles. The quantitative estimate of drug-likeness (QED) is 0.575. The predicted molar refractivity (Wildman–Crippen MR) is 84.0 cm³/mol. The standard InChI is InChI=1S/C10H22O2.C6H14O2/c1-4-6-7-10(3,5-2)12-9-8-11;1-6(2)5-8-4-3-7/h11H,4-9H2,1-3H3;6-7H,3-5H2,1-2H3. The fourth-order valence-corrected chi connectivity index (χ4v) is 1.58. The lowest BCUT2D eigenvalue weighted by Gasteiger charge is -2.28. The summed E-state index contributed by atoms with van der Waals surface area (Å²) < 4.78 is 10.6. The van der Waals surface area contributed by atoms with E-state index in [-0.39, 0.29) is 18.8 Å². The van der Waals surface area contributed by atoms with E-state index in [4.69, 9.17) is 19.7 Å². The second-order valence-corrected chi connectivity index (χ2v) is 5.67. The summed E-state index contributed by atoms with van der Waals surface area (Å²) in [4.78, 5) is 0. The first-order valence-corrected chi connectivity index (χ1v) is 7.89. The van der Waals surface area contributed by atoms with Crippen LogP contribution in [0.3, 0.4) is 0 Å². The van der Waals surface area contributed by atoms with Gasteiger partial charge in [-0.3, -0.25) is 0 Å². The molecule has 0 aromatic heterocycles. The minimum Gasteiger partial charge on any atom is -0.394 e. The molecular formula is C16H36O4. The van der Waals surface area contributed by atoms with Gasteiger partial charge in [0.05, 0.1) is 32.0 Å². The van der Waals surface area contributed by atoms with Gasteiger partial charge in [-0.15, -0.1) is 0 Å². The second kappa shape index (κ2) is 15.2. The fourth-order valence-electron chi connectivity index (χ4n) is 1.58. The molecule has 0 amide bonds. The van der Waals surface area contributed by atoms with Gasteiger partial charge in [0.2, 0.25) is 0 Å². The Morgan fingerprint density at radius 2 is 1.65 bits per heavy atom. The van der Waals surface area contributed by atoms with Gasteiger partial charge in [-0.25, -0.2) is 0 Å². The first kappa shape index (κ1) is 22.1. The van der Waals surface area contributed by atoms with Crippen LogP contribution in [0, 0.1) is 5.92 Å². The van der Waals surface area contributed by atoms with Crippen molar-refractivity contribution < 1.29 is 19.7 Å². The average Bonchev–Trinajstić information content (AvgIpc) is 2.43. The van der Waals surface area contributed by atoms with Gasteiger partial charge in [0.1, 0.15) is 0 Å². The van der Waals surface area contributed by atoms with Crippen molar-refractivity contribution in [3.63, 3.8) is 0 Å². The van der Waals surface area contributed by atoms with Crippen LogP contribution >= 0.6 is 0 Å². The van der Waals surface area contributed by atoms with E-state index in [1.54, 1.807) is 0 Å². The Hall–Kier alpha value is -0.160. The van der Waals surface area contributed by atoms with Crippen LogP contribution in [0.5, 0.6) is 0 Å². The molecule has 0 fully saturated rings. The summed E-state index contributed by atoms with van der Waals surface area (Å²) >= 11 is 0. The maximum atomic E-state index is 8.63. The highest BCUT2D eigenvalue weighted by molar-refractivity contribution is 4.72. The number of aliphatic hydroxyl groups excluding tert-OH is 2.